The molecule has 0 bridgehead atoms. The molecule has 6 heteroatoms. The summed E-state index contributed by atoms with van der Waals surface area (Å²) >= 11 is 1.34. The van der Waals surface area contributed by atoms with Crippen LogP contribution in [0, 0.1) is 19.7 Å². The van der Waals surface area contributed by atoms with E-state index in [0.717, 1.165) is 11.1 Å². The highest BCUT2D eigenvalue weighted by Gasteiger charge is 2.14. The van der Waals surface area contributed by atoms with Gasteiger partial charge in [0.25, 0.3) is 0 Å². The number of benzene rings is 2. The largest absolute Gasteiger partial charge is 0.305 e. The fraction of sp³-hybridized carbons (Fsp3) is 0.211. The lowest BCUT2D eigenvalue weighted by atomic mass is 10.0. The van der Waals surface area contributed by atoms with Crippen molar-refractivity contribution in [2.45, 2.75) is 19.0 Å². The van der Waals surface area contributed by atoms with E-state index in [1.807, 2.05) is 43.7 Å². The van der Waals surface area contributed by atoms with Crippen LogP contribution in [0.15, 0.2) is 47.6 Å². The van der Waals surface area contributed by atoms with Crippen molar-refractivity contribution in [3.8, 4) is 11.4 Å². The topological polar surface area (TPSA) is 47.8 Å². The van der Waals surface area contributed by atoms with Crippen LogP contribution in [0.3, 0.4) is 0 Å². The van der Waals surface area contributed by atoms with Crippen molar-refractivity contribution in [3.05, 3.63) is 65.0 Å². The van der Waals surface area contributed by atoms with Crippen LogP contribution in [0.5, 0.6) is 0 Å². The number of rotatable bonds is 5. The van der Waals surface area contributed by atoms with Crippen LogP contribution in [0.25, 0.3) is 11.4 Å². The van der Waals surface area contributed by atoms with Gasteiger partial charge in [0.15, 0.2) is 16.8 Å². The number of thioether (sulfide) groups is 1. The zero-order valence-electron chi connectivity index (χ0n) is 14.3. The Morgan fingerprint density at radius 2 is 1.80 bits per heavy atom. The molecule has 0 N–H and O–H groups in total. The minimum absolute atomic E-state index is 0.0550. The summed E-state index contributed by atoms with van der Waals surface area (Å²) in [5.74, 6) is 0.692. The van der Waals surface area contributed by atoms with Gasteiger partial charge in [0.2, 0.25) is 0 Å². The lowest BCUT2D eigenvalue weighted by Gasteiger charge is -2.05. The Balaban J connectivity index is 1.72. The third-order valence-electron chi connectivity index (χ3n) is 4.10. The first kappa shape index (κ1) is 17.4. The summed E-state index contributed by atoms with van der Waals surface area (Å²) in [6.45, 7) is 4.02. The molecule has 25 heavy (non-hydrogen) atoms. The van der Waals surface area contributed by atoms with E-state index >= 15 is 0 Å². The third kappa shape index (κ3) is 3.79. The summed E-state index contributed by atoms with van der Waals surface area (Å²) in [6.07, 6.45) is 0. The fourth-order valence-electron chi connectivity index (χ4n) is 2.42. The Hall–Kier alpha value is -2.47. The second-order valence-electron chi connectivity index (χ2n) is 5.88. The highest BCUT2D eigenvalue weighted by Crippen LogP contribution is 2.23. The minimum Gasteiger partial charge on any atom is -0.305 e. The molecule has 3 aromatic rings. The average molecular weight is 355 g/mol. The molecule has 0 unspecified atom stereocenters. The Morgan fingerprint density at radius 3 is 2.48 bits per heavy atom. The smallest absolute Gasteiger partial charge is 0.191 e. The molecule has 3 rings (SSSR count). The van der Waals surface area contributed by atoms with Gasteiger partial charge >= 0.3 is 0 Å². The second kappa shape index (κ2) is 7.19. The molecule has 2 aromatic carbocycles. The number of aryl methyl sites for hydroxylation is 2. The highest BCUT2D eigenvalue weighted by atomic mass is 32.2. The SMILES string of the molecule is Cc1ccc(C(=O)CSc2nnc(-c3ccc(F)cc3)n2C)cc1C. The minimum atomic E-state index is -0.292. The van der Waals surface area contributed by atoms with Gasteiger partial charge in [-0.05, 0) is 55.3 Å². The fourth-order valence-corrected chi connectivity index (χ4v) is 3.22. The molecule has 0 fully saturated rings. The first-order valence-corrected chi connectivity index (χ1v) is 8.83. The van der Waals surface area contributed by atoms with Crippen LogP contribution in [-0.4, -0.2) is 26.3 Å². The summed E-state index contributed by atoms with van der Waals surface area (Å²) in [4.78, 5) is 12.4. The number of carbonyl (C=O) groups is 1. The van der Waals surface area contributed by atoms with Crippen molar-refractivity contribution < 1.29 is 9.18 Å². The molecule has 0 amide bonds. The molecular formula is C19H18FN3OS. The van der Waals surface area contributed by atoms with Crippen molar-refractivity contribution in [2.75, 3.05) is 5.75 Å². The van der Waals surface area contributed by atoms with E-state index in [1.54, 1.807) is 12.1 Å². The number of halogens is 1. The van der Waals surface area contributed by atoms with Gasteiger partial charge in [0.1, 0.15) is 5.82 Å². The number of ketones is 1. The van der Waals surface area contributed by atoms with Gasteiger partial charge in [-0.15, -0.1) is 10.2 Å². The molecule has 0 spiro atoms. The molecule has 0 aliphatic heterocycles. The van der Waals surface area contributed by atoms with Crippen molar-refractivity contribution in [1.82, 2.24) is 14.8 Å². The molecule has 0 saturated carbocycles. The average Bonchev–Trinajstić information content (AvgIpc) is 2.96. The number of aromatic nitrogens is 3. The summed E-state index contributed by atoms with van der Waals surface area (Å²) < 4.78 is 14.9. The maximum Gasteiger partial charge on any atom is 0.191 e. The van der Waals surface area contributed by atoms with Crippen LogP contribution in [0.1, 0.15) is 21.5 Å². The van der Waals surface area contributed by atoms with E-state index < -0.39 is 0 Å². The number of nitrogens with zero attached hydrogens (tertiary/aromatic N) is 3. The Labute approximate surface area is 150 Å². The summed E-state index contributed by atoms with van der Waals surface area (Å²) in [7, 11) is 1.83. The predicted molar refractivity (Wildman–Crippen MR) is 97.4 cm³/mol. The Kier molecular flexibility index (Phi) is 4.99. The molecule has 4 nitrogen and oxygen atoms in total. The van der Waals surface area contributed by atoms with E-state index in [4.69, 9.17) is 0 Å². The lowest BCUT2D eigenvalue weighted by molar-refractivity contribution is 0.102. The van der Waals surface area contributed by atoms with Gasteiger partial charge in [-0.1, -0.05) is 23.9 Å². The first-order valence-electron chi connectivity index (χ1n) is 7.84. The highest BCUT2D eigenvalue weighted by molar-refractivity contribution is 7.99. The Bertz CT molecular complexity index is 919. The van der Waals surface area contributed by atoms with Gasteiger partial charge < -0.3 is 4.57 Å². The van der Waals surface area contributed by atoms with Crippen LogP contribution < -0.4 is 0 Å². The van der Waals surface area contributed by atoms with Crippen LogP contribution in [0.4, 0.5) is 4.39 Å². The van der Waals surface area contributed by atoms with Crippen LogP contribution in [-0.2, 0) is 7.05 Å². The standard InChI is InChI=1S/C19H18FN3OS/c1-12-4-5-15(10-13(12)2)17(24)11-25-19-22-21-18(23(19)3)14-6-8-16(20)9-7-14/h4-10H,11H2,1-3H3. The third-order valence-corrected chi connectivity index (χ3v) is 5.12. The van der Waals surface area contributed by atoms with Crippen LogP contribution in [0.2, 0.25) is 0 Å². The number of hydrogen-bond donors (Lipinski definition) is 0. The maximum absolute atomic E-state index is 13.0. The number of hydrogen-bond acceptors (Lipinski definition) is 4. The monoisotopic (exact) mass is 355 g/mol. The summed E-state index contributed by atoms with van der Waals surface area (Å²) in [5, 5.41) is 8.94. The van der Waals surface area contributed by atoms with E-state index in [-0.39, 0.29) is 17.4 Å². The molecule has 1 aromatic heterocycles. The van der Waals surface area contributed by atoms with Gasteiger partial charge in [-0.3, -0.25) is 4.79 Å². The van der Waals surface area contributed by atoms with Gasteiger partial charge in [-0.2, -0.15) is 0 Å². The Morgan fingerprint density at radius 1 is 1.08 bits per heavy atom. The molecule has 1 heterocycles. The maximum atomic E-state index is 13.0. The zero-order chi connectivity index (χ0) is 18.0. The van der Waals surface area contributed by atoms with Gasteiger partial charge in [0.05, 0.1) is 5.75 Å². The summed E-state index contributed by atoms with van der Waals surface area (Å²) in [5.41, 5.74) is 3.76. The zero-order valence-corrected chi connectivity index (χ0v) is 15.1. The van der Waals surface area contributed by atoms with Gasteiger partial charge in [-0.25, -0.2) is 4.39 Å². The van der Waals surface area contributed by atoms with E-state index in [0.29, 0.717) is 16.5 Å². The number of Topliss-reactive ketones (excluding diaryl/α,β-unsaturated/α-hetero) is 1. The summed E-state index contributed by atoms with van der Waals surface area (Å²) in [6, 6.07) is 11.8. The molecule has 0 aliphatic carbocycles. The van der Waals surface area contributed by atoms with Gasteiger partial charge in [0, 0.05) is 18.2 Å². The van der Waals surface area contributed by atoms with Crippen molar-refractivity contribution in [2.24, 2.45) is 7.05 Å². The predicted octanol–water partition coefficient (Wildman–Crippen LogP) is 4.21. The molecule has 0 saturated heterocycles. The normalized spacial score (nSPS) is 10.9. The molecule has 0 atom stereocenters. The first-order chi connectivity index (χ1) is 12.0. The second-order valence-corrected chi connectivity index (χ2v) is 6.83. The number of carbonyl (C=O) groups excluding carboxylic acids is 1. The molecular weight excluding hydrogens is 337 g/mol. The van der Waals surface area contributed by atoms with E-state index in [9.17, 15) is 9.18 Å². The van der Waals surface area contributed by atoms with Crippen LogP contribution >= 0.6 is 11.8 Å². The van der Waals surface area contributed by atoms with Crippen molar-refractivity contribution >= 4 is 17.5 Å². The van der Waals surface area contributed by atoms with E-state index in [2.05, 4.69) is 10.2 Å². The molecule has 128 valence electrons. The molecule has 0 radical (unpaired) electrons. The van der Waals surface area contributed by atoms with E-state index in [1.165, 1.54) is 29.5 Å². The quantitative estimate of drug-likeness (QED) is 0.508. The lowest BCUT2D eigenvalue weighted by Crippen LogP contribution is -2.04. The molecule has 0 aliphatic rings. The van der Waals surface area contributed by atoms with Crippen molar-refractivity contribution in [3.63, 3.8) is 0 Å². The van der Waals surface area contributed by atoms with Crippen molar-refractivity contribution in [1.29, 1.82) is 0 Å².